The normalized spacial score (nSPS) is 10.6. The average Bonchev–Trinajstić information content (AvgIpc) is 2.78. The van der Waals surface area contributed by atoms with Crippen LogP contribution in [0, 0.1) is 0 Å². The lowest BCUT2D eigenvalue weighted by molar-refractivity contribution is 0.0957. The summed E-state index contributed by atoms with van der Waals surface area (Å²) >= 11 is 7.11. The molecule has 0 spiro atoms. The van der Waals surface area contributed by atoms with Gasteiger partial charge in [-0.15, -0.1) is 22.9 Å². The lowest BCUT2D eigenvalue weighted by atomic mass is 10.2. The Balaban J connectivity index is 1.99. The number of nitrogens with one attached hydrogen (secondary N) is 1. The van der Waals surface area contributed by atoms with Gasteiger partial charge in [0.25, 0.3) is 5.91 Å². The zero-order chi connectivity index (χ0) is 12.1. The summed E-state index contributed by atoms with van der Waals surface area (Å²) < 4.78 is 1.15. The quantitative estimate of drug-likeness (QED) is 0.650. The van der Waals surface area contributed by atoms with E-state index in [0.29, 0.717) is 12.4 Å². The van der Waals surface area contributed by atoms with Gasteiger partial charge in [-0.05, 0) is 30.4 Å². The zero-order valence-electron chi connectivity index (χ0n) is 9.41. The SMILES string of the molecule is O=C(NCCCCCl)c1cc2ccccc2s1. The van der Waals surface area contributed by atoms with E-state index >= 15 is 0 Å². The summed E-state index contributed by atoms with van der Waals surface area (Å²) in [7, 11) is 0. The molecule has 0 unspecified atom stereocenters. The van der Waals surface area contributed by atoms with E-state index in [4.69, 9.17) is 11.6 Å². The molecule has 0 atom stereocenters. The number of alkyl halides is 1. The number of thiophene rings is 1. The van der Waals surface area contributed by atoms with Crippen LogP contribution in [0.1, 0.15) is 22.5 Å². The minimum atomic E-state index is 0.0146. The first-order chi connectivity index (χ1) is 8.31. The fourth-order valence-electron chi connectivity index (χ4n) is 1.60. The first-order valence-electron chi connectivity index (χ1n) is 5.64. The highest BCUT2D eigenvalue weighted by atomic mass is 35.5. The Kier molecular flexibility index (Phi) is 4.40. The summed E-state index contributed by atoms with van der Waals surface area (Å²) in [5, 5.41) is 4.04. The highest BCUT2D eigenvalue weighted by molar-refractivity contribution is 7.20. The number of unbranched alkanes of at least 4 members (excludes halogenated alkanes) is 1. The number of amides is 1. The lowest BCUT2D eigenvalue weighted by Gasteiger charge is -2.01. The molecule has 90 valence electrons. The van der Waals surface area contributed by atoms with E-state index in [0.717, 1.165) is 27.8 Å². The van der Waals surface area contributed by atoms with Gasteiger partial charge in [0.15, 0.2) is 0 Å². The molecule has 1 aromatic heterocycles. The molecular weight excluding hydrogens is 254 g/mol. The van der Waals surface area contributed by atoms with Gasteiger partial charge in [-0.3, -0.25) is 4.79 Å². The Morgan fingerprint density at radius 2 is 2.12 bits per heavy atom. The maximum absolute atomic E-state index is 11.8. The molecule has 0 saturated heterocycles. The summed E-state index contributed by atoms with van der Waals surface area (Å²) in [5.41, 5.74) is 0. The third kappa shape index (κ3) is 3.20. The monoisotopic (exact) mass is 267 g/mol. The Labute approximate surface area is 110 Å². The molecule has 2 nitrogen and oxygen atoms in total. The van der Waals surface area contributed by atoms with Crippen molar-refractivity contribution >= 4 is 38.9 Å². The molecule has 17 heavy (non-hydrogen) atoms. The molecule has 0 radical (unpaired) electrons. The minimum Gasteiger partial charge on any atom is -0.351 e. The van der Waals surface area contributed by atoms with Gasteiger partial charge in [0.2, 0.25) is 0 Å². The van der Waals surface area contributed by atoms with Gasteiger partial charge < -0.3 is 5.32 Å². The lowest BCUT2D eigenvalue weighted by Crippen LogP contribution is -2.23. The van der Waals surface area contributed by atoms with Crippen molar-refractivity contribution in [3.8, 4) is 0 Å². The van der Waals surface area contributed by atoms with E-state index in [2.05, 4.69) is 5.32 Å². The largest absolute Gasteiger partial charge is 0.351 e. The maximum Gasteiger partial charge on any atom is 0.261 e. The first kappa shape index (κ1) is 12.4. The van der Waals surface area contributed by atoms with Gasteiger partial charge in [-0.2, -0.15) is 0 Å². The predicted molar refractivity (Wildman–Crippen MR) is 74.1 cm³/mol. The van der Waals surface area contributed by atoms with E-state index in [-0.39, 0.29) is 5.91 Å². The van der Waals surface area contributed by atoms with E-state index < -0.39 is 0 Å². The minimum absolute atomic E-state index is 0.0146. The molecule has 1 amide bonds. The third-order valence-corrected chi connectivity index (χ3v) is 3.88. The van der Waals surface area contributed by atoms with Gasteiger partial charge >= 0.3 is 0 Å². The molecule has 2 rings (SSSR count). The Bertz CT molecular complexity index is 476. The molecule has 0 aliphatic heterocycles. The molecule has 0 saturated carbocycles. The van der Waals surface area contributed by atoms with Crippen molar-refractivity contribution in [1.82, 2.24) is 5.32 Å². The summed E-state index contributed by atoms with van der Waals surface area (Å²) in [6.45, 7) is 0.694. The number of benzene rings is 1. The second-order valence-corrected chi connectivity index (χ2v) is 5.26. The fraction of sp³-hybridized carbons (Fsp3) is 0.308. The van der Waals surface area contributed by atoms with E-state index in [9.17, 15) is 4.79 Å². The van der Waals surface area contributed by atoms with Crippen LogP contribution in [0.3, 0.4) is 0 Å². The van der Waals surface area contributed by atoms with Crippen LogP contribution in [-0.2, 0) is 0 Å². The standard InChI is InChI=1S/C13H14ClNOS/c14-7-3-4-8-15-13(16)12-9-10-5-1-2-6-11(10)17-12/h1-2,5-6,9H,3-4,7-8H2,(H,15,16). The third-order valence-electron chi connectivity index (χ3n) is 2.50. The Morgan fingerprint density at radius 3 is 2.88 bits per heavy atom. The highest BCUT2D eigenvalue weighted by Crippen LogP contribution is 2.24. The van der Waals surface area contributed by atoms with Crippen LogP contribution >= 0.6 is 22.9 Å². The summed E-state index contributed by atoms with van der Waals surface area (Å²) in [6.07, 6.45) is 1.87. The number of halogens is 1. The second-order valence-electron chi connectivity index (χ2n) is 3.80. The number of rotatable bonds is 5. The van der Waals surface area contributed by atoms with Crippen LogP contribution in [0.15, 0.2) is 30.3 Å². The smallest absolute Gasteiger partial charge is 0.261 e. The van der Waals surface area contributed by atoms with Crippen molar-refractivity contribution in [2.75, 3.05) is 12.4 Å². The van der Waals surface area contributed by atoms with E-state index in [1.165, 1.54) is 11.3 Å². The number of carbonyl (C=O) groups is 1. The fourth-order valence-corrected chi connectivity index (χ4v) is 2.77. The Hall–Kier alpha value is -1.06. The zero-order valence-corrected chi connectivity index (χ0v) is 11.0. The van der Waals surface area contributed by atoms with Gasteiger partial charge in [0.1, 0.15) is 0 Å². The van der Waals surface area contributed by atoms with Crippen LogP contribution in [0.2, 0.25) is 0 Å². The van der Waals surface area contributed by atoms with Crippen molar-refractivity contribution in [3.63, 3.8) is 0 Å². The van der Waals surface area contributed by atoms with Crippen LogP contribution in [0.4, 0.5) is 0 Å². The van der Waals surface area contributed by atoms with Crippen LogP contribution in [-0.4, -0.2) is 18.3 Å². The van der Waals surface area contributed by atoms with Gasteiger partial charge in [0, 0.05) is 17.1 Å². The molecule has 1 aromatic carbocycles. The molecule has 1 N–H and O–H groups in total. The Morgan fingerprint density at radius 1 is 1.29 bits per heavy atom. The summed E-state index contributed by atoms with van der Waals surface area (Å²) in [6, 6.07) is 9.97. The number of fused-ring (bicyclic) bond motifs is 1. The first-order valence-corrected chi connectivity index (χ1v) is 6.99. The summed E-state index contributed by atoms with van der Waals surface area (Å²) in [4.78, 5) is 12.6. The maximum atomic E-state index is 11.8. The van der Waals surface area contributed by atoms with Gasteiger partial charge in [-0.25, -0.2) is 0 Å². The number of carbonyl (C=O) groups excluding carboxylic acids is 1. The van der Waals surface area contributed by atoms with Crippen molar-refractivity contribution in [2.24, 2.45) is 0 Å². The molecule has 4 heteroatoms. The van der Waals surface area contributed by atoms with Gasteiger partial charge in [0.05, 0.1) is 4.88 Å². The van der Waals surface area contributed by atoms with E-state index in [1.54, 1.807) is 0 Å². The topological polar surface area (TPSA) is 29.1 Å². The predicted octanol–water partition coefficient (Wildman–Crippen LogP) is 3.65. The van der Waals surface area contributed by atoms with Crippen molar-refractivity contribution in [1.29, 1.82) is 0 Å². The van der Waals surface area contributed by atoms with E-state index in [1.807, 2.05) is 30.3 Å². The highest BCUT2D eigenvalue weighted by Gasteiger charge is 2.08. The number of hydrogen-bond donors (Lipinski definition) is 1. The van der Waals surface area contributed by atoms with Crippen molar-refractivity contribution < 1.29 is 4.79 Å². The average molecular weight is 268 g/mol. The molecule has 0 aliphatic carbocycles. The molecule has 0 aliphatic rings. The molecular formula is C13H14ClNOS. The van der Waals surface area contributed by atoms with Crippen LogP contribution < -0.4 is 5.32 Å². The number of hydrogen-bond acceptors (Lipinski definition) is 2. The van der Waals surface area contributed by atoms with Crippen LogP contribution in [0.25, 0.3) is 10.1 Å². The van der Waals surface area contributed by atoms with Gasteiger partial charge in [-0.1, -0.05) is 18.2 Å². The summed E-state index contributed by atoms with van der Waals surface area (Å²) in [5.74, 6) is 0.666. The molecule has 1 heterocycles. The second kappa shape index (κ2) is 6.03. The van der Waals surface area contributed by atoms with Crippen molar-refractivity contribution in [3.05, 3.63) is 35.2 Å². The molecule has 2 aromatic rings. The van der Waals surface area contributed by atoms with Crippen LogP contribution in [0.5, 0.6) is 0 Å². The van der Waals surface area contributed by atoms with Crippen molar-refractivity contribution in [2.45, 2.75) is 12.8 Å². The molecule has 0 fully saturated rings. The molecule has 0 bridgehead atoms.